The molecular formula is C10H13N3O3. The Labute approximate surface area is 92.8 Å². The molecule has 0 unspecified atom stereocenters. The van der Waals surface area contributed by atoms with Gasteiger partial charge in [0.25, 0.3) is 5.66 Å². The van der Waals surface area contributed by atoms with E-state index in [1.54, 1.807) is 6.92 Å². The van der Waals surface area contributed by atoms with Crippen molar-refractivity contribution in [2.75, 3.05) is 0 Å². The Hall–Kier alpha value is -1.64. The summed E-state index contributed by atoms with van der Waals surface area (Å²) >= 11 is 0. The minimum absolute atomic E-state index is 0.261. The molecular weight excluding hydrogens is 210 g/mol. The number of rotatable bonds is 1. The van der Waals surface area contributed by atoms with Crippen LogP contribution in [0.1, 0.15) is 32.6 Å². The predicted octanol–water partition coefficient (Wildman–Crippen LogP) is 0.809. The molecule has 1 N–H and O–H groups in total. The van der Waals surface area contributed by atoms with Gasteiger partial charge in [0, 0.05) is 23.2 Å². The number of piperidine rings is 1. The third-order valence-electron chi connectivity index (χ3n) is 3.83. The molecule has 2 bridgehead atoms. The SMILES string of the molecule is C[C@]12CCC[C@@]([N+](=O)[O-])(C1)NC(=O)[C@@H]2C#N. The van der Waals surface area contributed by atoms with Gasteiger partial charge in [-0.05, 0) is 12.8 Å². The summed E-state index contributed by atoms with van der Waals surface area (Å²) in [4.78, 5) is 22.4. The maximum atomic E-state index is 11.7. The van der Waals surface area contributed by atoms with Gasteiger partial charge in [-0.2, -0.15) is 5.26 Å². The van der Waals surface area contributed by atoms with Crippen LogP contribution in [0.25, 0.3) is 0 Å². The average Bonchev–Trinajstić information content (AvgIpc) is 2.16. The van der Waals surface area contributed by atoms with E-state index in [0.717, 1.165) is 0 Å². The zero-order chi connectivity index (χ0) is 12.0. The van der Waals surface area contributed by atoms with E-state index < -0.39 is 27.8 Å². The summed E-state index contributed by atoms with van der Waals surface area (Å²) in [5.41, 5.74) is -1.89. The van der Waals surface area contributed by atoms with Crippen molar-refractivity contribution in [1.82, 2.24) is 5.32 Å². The lowest BCUT2D eigenvalue weighted by molar-refractivity contribution is -0.586. The number of hydrogen-bond acceptors (Lipinski definition) is 4. The van der Waals surface area contributed by atoms with Crippen LogP contribution in [-0.2, 0) is 4.79 Å². The van der Waals surface area contributed by atoms with Crippen molar-refractivity contribution < 1.29 is 9.72 Å². The number of carbonyl (C=O) groups is 1. The van der Waals surface area contributed by atoms with Crippen molar-refractivity contribution in [3.05, 3.63) is 10.1 Å². The second kappa shape index (κ2) is 3.17. The normalized spacial score (nSPS) is 42.0. The number of hydrogen-bond donors (Lipinski definition) is 1. The molecule has 6 nitrogen and oxygen atoms in total. The molecule has 1 heterocycles. The average molecular weight is 223 g/mol. The molecule has 6 heteroatoms. The number of amides is 1. The molecule has 0 aromatic rings. The van der Waals surface area contributed by atoms with Crippen molar-refractivity contribution in [2.45, 2.75) is 38.3 Å². The smallest absolute Gasteiger partial charge is 0.290 e. The van der Waals surface area contributed by atoms with Crippen LogP contribution in [0, 0.1) is 32.8 Å². The Kier molecular flexibility index (Phi) is 2.15. The summed E-state index contributed by atoms with van der Waals surface area (Å²) in [6.45, 7) is 1.80. The Morgan fingerprint density at radius 2 is 2.31 bits per heavy atom. The van der Waals surface area contributed by atoms with E-state index >= 15 is 0 Å². The van der Waals surface area contributed by atoms with Gasteiger partial charge in [-0.1, -0.05) is 6.92 Å². The summed E-state index contributed by atoms with van der Waals surface area (Å²) < 4.78 is 0. The van der Waals surface area contributed by atoms with E-state index in [4.69, 9.17) is 5.26 Å². The summed E-state index contributed by atoms with van der Waals surface area (Å²) in [5, 5.41) is 22.5. The first kappa shape index (κ1) is 10.9. The molecule has 0 spiro atoms. The van der Waals surface area contributed by atoms with Crippen molar-refractivity contribution in [1.29, 1.82) is 5.26 Å². The van der Waals surface area contributed by atoms with Crippen molar-refractivity contribution >= 4 is 5.91 Å². The van der Waals surface area contributed by atoms with Crippen LogP contribution < -0.4 is 5.32 Å². The Bertz CT molecular complexity index is 403. The van der Waals surface area contributed by atoms with E-state index in [-0.39, 0.29) is 6.42 Å². The lowest BCUT2D eigenvalue weighted by Crippen LogP contribution is -2.66. The fourth-order valence-electron chi connectivity index (χ4n) is 3.02. The quantitative estimate of drug-likeness (QED) is 0.525. The number of nitrogens with one attached hydrogen (secondary N) is 1. The molecule has 2 fully saturated rings. The van der Waals surface area contributed by atoms with E-state index in [2.05, 4.69) is 5.32 Å². The minimum atomic E-state index is -1.34. The van der Waals surface area contributed by atoms with Crippen molar-refractivity contribution in [3.8, 4) is 6.07 Å². The van der Waals surface area contributed by atoms with Crippen molar-refractivity contribution in [3.63, 3.8) is 0 Å². The van der Waals surface area contributed by atoms with Gasteiger partial charge in [0.05, 0.1) is 6.07 Å². The van der Waals surface area contributed by atoms with Gasteiger partial charge in [0.2, 0.25) is 5.91 Å². The molecule has 2 aliphatic rings. The highest BCUT2D eigenvalue weighted by Gasteiger charge is 2.60. The third-order valence-corrected chi connectivity index (χ3v) is 3.83. The molecule has 1 saturated carbocycles. The number of nitro groups is 1. The molecule has 1 aliphatic carbocycles. The first-order chi connectivity index (χ1) is 7.43. The van der Waals surface area contributed by atoms with E-state index in [1.807, 2.05) is 6.07 Å². The first-order valence-electron chi connectivity index (χ1n) is 5.30. The largest absolute Gasteiger partial charge is 0.296 e. The highest BCUT2D eigenvalue weighted by Crippen LogP contribution is 2.49. The number of carbonyl (C=O) groups excluding carboxylic acids is 1. The molecule has 1 saturated heterocycles. The van der Waals surface area contributed by atoms with Crippen LogP contribution in [0.5, 0.6) is 0 Å². The van der Waals surface area contributed by atoms with Gasteiger partial charge in [-0.3, -0.25) is 20.2 Å². The van der Waals surface area contributed by atoms with Crippen molar-refractivity contribution in [2.24, 2.45) is 11.3 Å². The summed E-state index contributed by atoms with van der Waals surface area (Å²) in [6.07, 6.45) is 2.00. The standard InChI is InChI=1S/C10H13N3O3/c1-9-3-2-4-10(6-9,13(15)16)12-8(14)7(9)5-11/h7H,2-4,6H2,1H3,(H,12,14)/t7-,9-,10+/m0/s1. The monoisotopic (exact) mass is 223 g/mol. The van der Waals surface area contributed by atoms with Gasteiger partial charge in [-0.15, -0.1) is 0 Å². The fourth-order valence-corrected chi connectivity index (χ4v) is 3.02. The van der Waals surface area contributed by atoms with E-state index in [0.29, 0.717) is 19.3 Å². The van der Waals surface area contributed by atoms with E-state index in [9.17, 15) is 14.9 Å². The second-order valence-corrected chi connectivity index (χ2v) is 5.02. The molecule has 0 aromatic heterocycles. The molecule has 0 aromatic carbocycles. The molecule has 16 heavy (non-hydrogen) atoms. The predicted molar refractivity (Wildman–Crippen MR) is 53.5 cm³/mol. The Balaban J connectivity index is 2.42. The summed E-state index contributed by atoms with van der Waals surface area (Å²) in [5.74, 6) is -1.26. The maximum Gasteiger partial charge on any atom is 0.296 e. The van der Waals surface area contributed by atoms with Gasteiger partial charge in [0.15, 0.2) is 0 Å². The molecule has 3 atom stereocenters. The van der Waals surface area contributed by atoms with Crippen LogP contribution in [0.15, 0.2) is 0 Å². The number of fused-ring (bicyclic) bond motifs is 2. The van der Waals surface area contributed by atoms with Crippen LogP contribution in [0.2, 0.25) is 0 Å². The van der Waals surface area contributed by atoms with E-state index in [1.165, 1.54) is 0 Å². The summed E-state index contributed by atoms with van der Waals surface area (Å²) in [6, 6.07) is 1.97. The Morgan fingerprint density at radius 3 is 2.88 bits per heavy atom. The van der Waals surface area contributed by atoms with Crippen LogP contribution in [0.4, 0.5) is 0 Å². The second-order valence-electron chi connectivity index (χ2n) is 5.02. The maximum absolute atomic E-state index is 11.7. The molecule has 0 radical (unpaired) electrons. The lowest BCUT2D eigenvalue weighted by atomic mass is 9.61. The van der Waals surface area contributed by atoms with Crippen LogP contribution >= 0.6 is 0 Å². The fraction of sp³-hybridized carbons (Fsp3) is 0.800. The van der Waals surface area contributed by atoms with Gasteiger partial charge in [-0.25, -0.2) is 0 Å². The highest BCUT2D eigenvalue weighted by molar-refractivity contribution is 5.83. The molecule has 1 aliphatic heterocycles. The van der Waals surface area contributed by atoms with Gasteiger partial charge >= 0.3 is 0 Å². The minimum Gasteiger partial charge on any atom is -0.290 e. The Morgan fingerprint density at radius 1 is 1.62 bits per heavy atom. The highest BCUT2D eigenvalue weighted by atomic mass is 16.6. The number of nitrogens with zero attached hydrogens (tertiary/aromatic N) is 2. The van der Waals surface area contributed by atoms with Crippen LogP contribution in [-0.4, -0.2) is 16.5 Å². The number of nitriles is 1. The summed E-state index contributed by atoms with van der Waals surface area (Å²) in [7, 11) is 0. The zero-order valence-electron chi connectivity index (χ0n) is 9.02. The van der Waals surface area contributed by atoms with Gasteiger partial charge < -0.3 is 0 Å². The first-order valence-corrected chi connectivity index (χ1v) is 5.30. The third kappa shape index (κ3) is 1.28. The molecule has 1 amide bonds. The van der Waals surface area contributed by atoms with Crippen LogP contribution in [0.3, 0.4) is 0 Å². The van der Waals surface area contributed by atoms with Gasteiger partial charge in [0.1, 0.15) is 5.92 Å². The zero-order valence-corrected chi connectivity index (χ0v) is 9.02. The lowest BCUT2D eigenvalue weighted by Gasteiger charge is -2.47. The molecule has 2 rings (SSSR count). The molecule has 86 valence electrons. The topological polar surface area (TPSA) is 96.0 Å².